The maximum Gasteiger partial charge on any atom is 0.198 e. The normalized spacial score (nSPS) is 13.2. The maximum absolute atomic E-state index is 11.7. The van der Waals surface area contributed by atoms with Crippen molar-refractivity contribution < 1.29 is 8.42 Å². The fraction of sp³-hybridized carbons (Fsp3) is 0.500. The van der Waals surface area contributed by atoms with Crippen LogP contribution >= 0.6 is 0 Å². The number of nitrogens with one attached hydrogen (secondary N) is 1. The summed E-state index contributed by atoms with van der Waals surface area (Å²) in [6.07, 6.45) is 1.61. The molecule has 0 aromatic carbocycles. The van der Waals surface area contributed by atoms with Crippen LogP contribution in [0.1, 0.15) is 20.8 Å². The zero-order valence-electron chi connectivity index (χ0n) is 7.46. The van der Waals surface area contributed by atoms with E-state index in [0.29, 0.717) is 0 Å². The molecule has 0 spiro atoms. The molecule has 0 radical (unpaired) electrons. The minimum absolute atomic E-state index is 0.287. The van der Waals surface area contributed by atoms with E-state index in [0.717, 1.165) is 0 Å². The number of sulfone groups is 1. The molecular formula is C8H13NO2S. The second-order valence-electron chi connectivity index (χ2n) is 3.65. The van der Waals surface area contributed by atoms with Crippen LogP contribution in [0, 0.1) is 0 Å². The summed E-state index contributed by atoms with van der Waals surface area (Å²) in [6.45, 7) is 5.05. The highest BCUT2D eigenvalue weighted by Gasteiger charge is 2.31. The SMILES string of the molecule is CC(C)(C)S(=O)(=O)c1ccc[nH]1. The first-order valence-electron chi connectivity index (χ1n) is 3.74. The second kappa shape index (κ2) is 2.62. The number of aromatic amines is 1. The molecule has 0 fully saturated rings. The molecule has 0 unspecified atom stereocenters. The van der Waals surface area contributed by atoms with Crippen molar-refractivity contribution in [3.05, 3.63) is 18.3 Å². The molecule has 0 aliphatic rings. The van der Waals surface area contributed by atoms with Crippen molar-refractivity contribution in [2.75, 3.05) is 0 Å². The number of hydrogen-bond acceptors (Lipinski definition) is 2. The Kier molecular flexibility index (Phi) is 2.04. The van der Waals surface area contributed by atoms with Gasteiger partial charge in [0.2, 0.25) is 0 Å². The Bertz CT molecular complexity index is 343. The third-order valence-electron chi connectivity index (χ3n) is 1.67. The highest BCUT2D eigenvalue weighted by atomic mass is 32.2. The molecule has 4 heteroatoms. The molecule has 1 aromatic heterocycles. The van der Waals surface area contributed by atoms with Crippen molar-refractivity contribution >= 4 is 9.84 Å². The molecule has 0 amide bonds. The van der Waals surface area contributed by atoms with Gasteiger partial charge in [-0.3, -0.25) is 0 Å². The van der Waals surface area contributed by atoms with Crippen LogP contribution in [0.4, 0.5) is 0 Å². The van der Waals surface area contributed by atoms with E-state index in [1.54, 1.807) is 39.1 Å². The van der Waals surface area contributed by atoms with Crippen molar-refractivity contribution in [1.29, 1.82) is 0 Å². The fourth-order valence-electron chi connectivity index (χ4n) is 0.811. The monoisotopic (exact) mass is 187 g/mol. The first kappa shape index (κ1) is 9.32. The van der Waals surface area contributed by atoms with Gasteiger partial charge in [0, 0.05) is 6.20 Å². The second-order valence-corrected chi connectivity index (χ2v) is 6.32. The van der Waals surface area contributed by atoms with E-state index in [2.05, 4.69) is 4.98 Å². The van der Waals surface area contributed by atoms with Crippen molar-refractivity contribution in [2.45, 2.75) is 30.5 Å². The average Bonchev–Trinajstić information content (AvgIpc) is 2.34. The van der Waals surface area contributed by atoms with Crippen LogP contribution in [-0.2, 0) is 9.84 Å². The van der Waals surface area contributed by atoms with Gasteiger partial charge in [0.05, 0.1) is 4.75 Å². The minimum Gasteiger partial charge on any atom is -0.352 e. The highest BCUT2D eigenvalue weighted by Crippen LogP contribution is 2.22. The van der Waals surface area contributed by atoms with Gasteiger partial charge in [-0.15, -0.1) is 0 Å². The molecule has 0 aliphatic carbocycles. The molecule has 0 aliphatic heterocycles. The number of H-pyrrole nitrogens is 1. The summed E-state index contributed by atoms with van der Waals surface area (Å²) in [5.41, 5.74) is 0. The Labute approximate surface area is 72.7 Å². The minimum atomic E-state index is -3.19. The Morgan fingerprint density at radius 1 is 1.33 bits per heavy atom. The zero-order valence-corrected chi connectivity index (χ0v) is 8.27. The van der Waals surface area contributed by atoms with Gasteiger partial charge in [0.25, 0.3) is 0 Å². The van der Waals surface area contributed by atoms with Crippen LogP contribution in [-0.4, -0.2) is 18.1 Å². The van der Waals surface area contributed by atoms with E-state index < -0.39 is 14.6 Å². The summed E-state index contributed by atoms with van der Waals surface area (Å²) in [6, 6.07) is 3.25. The lowest BCUT2D eigenvalue weighted by atomic mass is 10.3. The lowest BCUT2D eigenvalue weighted by Gasteiger charge is -2.17. The molecule has 0 atom stereocenters. The van der Waals surface area contributed by atoms with Crippen molar-refractivity contribution in [3.63, 3.8) is 0 Å². The van der Waals surface area contributed by atoms with Crippen LogP contribution in [0.15, 0.2) is 23.4 Å². The van der Waals surface area contributed by atoms with E-state index in [9.17, 15) is 8.42 Å². The molecule has 1 rings (SSSR count). The van der Waals surface area contributed by atoms with E-state index in [1.165, 1.54) is 0 Å². The van der Waals surface area contributed by atoms with E-state index in [4.69, 9.17) is 0 Å². The summed E-state index contributed by atoms with van der Waals surface area (Å²) in [5.74, 6) is 0. The van der Waals surface area contributed by atoms with Gasteiger partial charge in [-0.2, -0.15) is 0 Å². The molecular weight excluding hydrogens is 174 g/mol. The number of hydrogen-bond donors (Lipinski definition) is 1. The quantitative estimate of drug-likeness (QED) is 0.725. The standard InChI is InChI=1S/C8H13NO2S/c1-8(2,3)12(10,11)7-5-4-6-9-7/h4-6,9H,1-3H3. The van der Waals surface area contributed by atoms with Crippen LogP contribution in [0.2, 0.25) is 0 Å². The van der Waals surface area contributed by atoms with Gasteiger partial charge >= 0.3 is 0 Å². The van der Waals surface area contributed by atoms with Gasteiger partial charge < -0.3 is 4.98 Å². The molecule has 1 heterocycles. The van der Waals surface area contributed by atoms with Gasteiger partial charge in [-0.05, 0) is 32.9 Å². The Morgan fingerprint density at radius 2 is 1.92 bits per heavy atom. The average molecular weight is 187 g/mol. The molecule has 0 saturated carbocycles. The molecule has 68 valence electrons. The molecule has 3 nitrogen and oxygen atoms in total. The smallest absolute Gasteiger partial charge is 0.198 e. The van der Waals surface area contributed by atoms with Crippen LogP contribution in [0.5, 0.6) is 0 Å². The lowest BCUT2D eigenvalue weighted by Crippen LogP contribution is -2.28. The van der Waals surface area contributed by atoms with E-state index >= 15 is 0 Å². The number of rotatable bonds is 1. The third kappa shape index (κ3) is 1.39. The molecule has 12 heavy (non-hydrogen) atoms. The molecule has 1 aromatic rings. The van der Waals surface area contributed by atoms with Crippen molar-refractivity contribution in [3.8, 4) is 0 Å². The van der Waals surface area contributed by atoms with Gasteiger partial charge in [-0.1, -0.05) is 0 Å². The first-order chi connectivity index (χ1) is 5.36. The Morgan fingerprint density at radius 3 is 2.25 bits per heavy atom. The third-order valence-corrected chi connectivity index (χ3v) is 4.11. The van der Waals surface area contributed by atoms with Crippen LogP contribution < -0.4 is 0 Å². The van der Waals surface area contributed by atoms with Gasteiger partial charge in [-0.25, -0.2) is 8.42 Å². The topological polar surface area (TPSA) is 49.9 Å². The van der Waals surface area contributed by atoms with Gasteiger partial charge in [0.15, 0.2) is 9.84 Å². The summed E-state index contributed by atoms with van der Waals surface area (Å²) in [7, 11) is -3.19. The van der Waals surface area contributed by atoms with E-state index in [1.807, 2.05) is 0 Å². The van der Waals surface area contributed by atoms with Crippen molar-refractivity contribution in [2.24, 2.45) is 0 Å². The Balaban J connectivity index is 3.22. The van der Waals surface area contributed by atoms with Crippen LogP contribution in [0.25, 0.3) is 0 Å². The first-order valence-corrected chi connectivity index (χ1v) is 5.22. The summed E-state index contributed by atoms with van der Waals surface area (Å²) in [5, 5.41) is 0.287. The zero-order chi connectivity index (χ0) is 9.41. The predicted octanol–water partition coefficient (Wildman–Crippen LogP) is 1.59. The molecule has 0 saturated heterocycles. The van der Waals surface area contributed by atoms with Crippen LogP contribution in [0.3, 0.4) is 0 Å². The fourth-order valence-corrected chi connectivity index (χ4v) is 1.95. The van der Waals surface area contributed by atoms with Gasteiger partial charge in [0.1, 0.15) is 5.03 Å². The summed E-state index contributed by atoms with van der Waals surface area (Å²) in [4.78, 5) is 2.70. The molecule has 1 N–H and O–H groups in total. The number of aromatic nitrogens is 1. The Hall–Kier alpha value is -0.770. The maximum atomic E-state index is 11.7. The largest absolute Gasteiger partial charge is 0.352 e. The summed E-state index contributed by atoms with van der Waals surface area (Å²) >= 11 is 0. The van der Waals surface area contributed by atoms with Crippen molar-refractivity contribution in [1.82, 2.24) is 4.98 Å². The van der Waals surface area contributed by atoms with E-state index in [-0.39, 0.29) is 5.03 Å². The summed E-state index contributed by atoms with van der Waals surface area (Å²) < 4.78 is 22.6. The lowest BCUT2D eigenvalue weighted by molar-refractivity contribution is 0.557. The molecule has 0 bridgehead atoms. The predicted molar refractivity (Wildman–Crippen MR) is 47.7 cm³/mol. The highest BCUT2D eigenvalue weighted by molar-refractivity contribution is 7.92.